The lowest BCUT2D eigenvalue weighted by atomic mass is 9.98. The fraction of sp³-hybridized carbons (Fsp3) is 0.273. The number of hydrogen-bond acceptors (Lipinski definition) is 3. The van der Waals surface area contributed by atoms with Gasteiger partial charge in [0.1, 0.15) is 0 Å². The number of rotatable bonds is 4. The number of benzene rings is 2. The first kappa shape index (κ1) is 17.5. The Labute approximate surface area is 158 Å². The minimum absolute atomic E-state index is 0.00165. The average Bonchev–Trinajstić information content (AvgIpc) is 2.98. The van der Waals surface area contributed by atoms with E-state index in [2.05, 4.69) is 11.2 Å². The topological polar surface area (TPSA) is 58.4 Å². The molecule has 1 aromatic heterocycles. The second kappa shape index (κ2) is 7.00. The summed E-state index contributed by atoms with van der Waals surface area (Å²) in [7, 11) is 0. The van der Waals surface area contributed by atoms with Gasteiger partial charge in [0.15, 0.2) is 0 Å². The Hall–Kier alpha value is -2.92. The average molecular weight is 361 g/mol. The van der Waals surface area contributed by atoms with E-state index in [4.69, 9.17) is 0 Å². The second-order valence-electron chi connectivity index (χ2n) is 7.13. The van der Waals surface area contributed by atoms with Crippen LogP contribution in [0.15, 0.2) is 54.6 Å². The monoisotopic (exact) mass is 361 g/mol. The lowest BCUT2D eigenvalue weighted by Crippen LogP contribution is -2.51. The van der Waals surface area contributed by atoms with E-state index in [0.29, 0.717) is 18.7 Å². The van der Waals surface area contributed by atoms with Crippen molar-refractivity contribution in [3.8, 4) is 11.1 Å². The van der Waals surface area contributed by atoms with E-state index in [-0.39, 0.29) is 18.6 Å². The van der Waals surface area contributed by atoms with Crippen molar-refractivity contribution in [1.29, 1.82) is 0 Å². The number of amides is 1. The summed E-state index contributed by atoms with van der Waals surface area (Å²) >= 11 is 0. The molecule has 0 aliphatic carbocycles. The highest BCUT2D eigenvalue weighted by atomic mass is 16.3. The lowest BCUT2D eigenvalue weighted by Gasteiger charge is -2.39. The van der Waals surface area contributed by atoms with Gasteiger partial charge in [-0.05, 0) is 48.7 Å². The molecule has 1 fully saturated rings. The number of aliphatic hydroxyl groups is 1. The maximum Gasteiger partial charge on any atom is 0.253 e. The van der Waals surface area contributed by atoms with Crippen molar-refractivity contribution in [2.24, 2.45) is 0 Å². The lowest BCUT2D eigenvalue weighted by molar-refractivity contribution is 0.0497. The van der Waals surface area contributed by atoms with Crippen molar-refractivity contribution in [1.82, 2.24) is 14.7 Å². The molecule has 1 amide bonds. The Morgan fingerprint density at radius 2 is 1.81 bits per heavy atom. The van der Waals surface area contributed by atoms with E-state index in [1.165, 1.54) is 0 Å². The molecule has 1 N–H and O–H groups in total. The summed E-state index contributed by atoms with van der Waals surface area (Å²) < 4.78 is 2.02. The third kappa shape index (κ3) is 3.26. The highest BCUT2D eigenvalue weighted by Crippen LogP contribution is 2.27. The van der Waals surface area contributed by atoms with Crippen molar-refractivity contribution >= 4 is 5.91 Å². The van der Waals surface area contributed by atoms with Crippen molar-refractivity contribution < 1.29 is 9.90 Å². The highest BCUT2D eigenvalue weighted by Gasteiger charge is 2.33. The summed E-state index contributed by atoms with van der Waals surface area (Å²) in [6.07, 6.45) is 0. The number of likely N-dealkylation sites (tertiary alicyclic amines) is 1. The normalized spacial score (nSPS) is 14.3. The predicted octanol–water partition coefficient (Wildman–Crippen LogP) is 3.36. The summed E-state index contributed by atoms with van der Waals surface area (Å²) in [5, 5.41) is 14.0. The van der Waals surface area contributed by atoms with Gasteiger partial charge in [0.05, 0.1) is 18.3 Å². The maximum absolute atomic E-state index is 12.7. The first-order valence-electron chi connectivity index (χ1n) is 9.18. The van der Waals surface area contributed by atoms with Crippen LogP contribution in [0, 0.1) is 13.8 Å². The molecule has 0 spiro atoms. The van der Waals surface area contributed by atoms with Crippen molar-refractivity contribution in [3.05, 3.63) is 77.1 Å². The largest absolute Gasteiger partial charge is 0.392 e. The van der Waals surface area contributed by atoms with Crippen LogP contribution in [-0.4, -0.2) is 38.8 Å². The molecule has 0 radical (unpaired) electrons. The number of aliphatic hydroxyl groups excluding tert-OH is 1. The van der Waals surface area contributed by atoms with Crippen molar-refractivity contribution in [3.63, 3.8) is 0 Å². The van der Waals surface area contributed by atoms with Gasteiger partial charge in [-0.15, -0.1) is 0 Å². The summed E-state index contributed by atoms with van der Waals surface area (Å²) in [5.41, 5.74) is 5.71. The number of aryl methyl sites for hydroxylation is 2. The number of nitrogens with zero attached hydrogens (tertiary/aromatic N) is 3. The van der Waals surface area contributed by atoms with E-state index in [1.807, 2.05) is 72.0 Å². The SMILES string of the molecule is Cc1cc(C)n(C2CN(C(=O)c3ccc(-c4ccccc4CO)cc3)C2)n1. The molecule has 2 heterocycles. The van der Waals surface area contributed by atoms with Crippen LogP contribution in [0.2, 0.25) is 0 Å². The molecule has 3 aromatic rings. The van der Waals surface area contributed by atoms with Gasteiger partial charge in [0.25, 0.3) is 5.91 Å². The standard InChI is InChI=1S/C22H23N3O2/c1-15-11-16(2)25(23-15)20-12-24(13-20)22(27)18-9-7-17(8-10-18)21-6-4-3-5-19(21)14-26/h3-11,20,26H,12-14H2,1-2H3. The smallest absolute Gasteiger partial charge is 0.253 e. The van der Waals surface area contributed by atoms with Crippen LogP contribution in [0.3, 0.4) is 0 Å². The Balaban J connectivity index is 1.45. The molecule has 1 aliphatic heterocycles. The fourth-order valence-electron chi connectivity index (χ4n) is 3.71. The van der Waals surface area contributed by atoms with Crippen LogP contribution in [0.5, 0.6) is 0 Å². The molecule has 0 saturated carbocycles. The van der Waals surface area contributed by atoms with E-state index >= 15 is 0 Å². The number of carbonyl (C=O) groups is 1. The Morgan fingerprint density at radius 1 is 1.11 bits per heavy atom. The van der Waals surface area contributed by atoms with Crippen LogP contribution in [0.25, 0.3) is 11.1 Å². The van der Waals surface area contributed by atoms with Gasteiger partial charge >= 0.3 is 0 Å². The Morgan fingerprint density at radius 3 is 2.44 bits per heavy atom. The van der Waals surface area contributed by atoms with Crippen LogP contribution in [0.1, 0.15) is 33.4 Å². The molecule has 4 rings (SSSR count). The van der Waals surface area contributed by atoms with E-state index < -0.39 is 0 Å². The van der Waals surface area contributed by atoms with Gasteiger partial charge in [0, 0.05) is 24.3 Å². The van der Waals surface area contributed by atoms with Gasteiger partial charge in [-0.2, -0.15) is 5.10 Å². The second-order valence-corrected chi connectivity index (χ2v) is 7.13. The minimum Gasteiger partial charge on any atom is -0.392 e. The van der Waals surface area contributed by atoms with Crippen molar-refractivity contribution in [2.75, 3.05) is 13.1 Å². The van der Waals surface area contributed by atoms with Gasteiger partial charge in [-0.1, -0.05) is 36.4 Å². The number of carbonyl (C=O) groups excluding carboxylic acids is 1. The Kier molecular flexibility index (Phi) is 4.54. The van der Waals surface area contributed by atoms with Gasteiger partial charge in [-0.3, -0.25) is 9.48 Å². The zero-order valence-electron chi connectivity index (χ0n) is 15.6. The predicted molar refractivity (Wildman–Crippen MR) is 104 cm³/mol. The summed E-state index contributed by atoms with van der Waals surface area (Å²) in [6, 6.07) is 17.7. The number of aromatic nitrogens is 2. The molecule has 2 aromatic carbocycles. The van der Waals surface area contributed by atoms with E-state index in [9.17, 15) is 9.90 Å². The molecule has 27 heavy (non-hydrogen) atoms. The minimum atomic E-state index is -0.00165. The highest BCUT2D eigenvalue weighted by molar-refractivity contribution is 5.95. The summed E-state index contributed by atoms with van der Waals surface area (Å²) in [6.45, 7) is 5.42. The molecular formula is C22H23N3O2. The first-order chi connectivity index (χ1) is 13.1. The van der Waals surface area contributed by atoms with Crippen LogP contribution in [0.4, 0.5) is 0 Å². The summed E-state index contributed by atoms with van der Waals surface area (Å²) in [4.78, 5) is 14.6. The molecule has 5 heteroatoms. The molecule has 0 bridgehead atoms. The fourth-order valence-corrected chi connectivity index (χ4v) is 3.71. The molecule has 0 atom stereocenters. The summed E-state index contributed by atoms with van der Waals surface area (Å²) in [5.74, 6) is 0.0507. The molecular weight excluding hydrogens is 338 g/mol. The van der Waals surface area contributed by atoms with Crippen LogP contribution in [-0.2, 0) is 6.61 Å². The quantitative estimate of drug-likeness (QED) is 0.775. The third-order valence-electron chi connectivity index (χ3n) is 5.17. The third-order valence-corrected chi connectivity index (χ3v) is 5.17. The zero-order chi connectivity index (χ0) is 19.0. The van der Waals surface area contributed by atoms with E-state index in [1.54, 1.807) is 0 Å². The molecule has 1 aliphatic rings. The van der Waals surface area contributed by atoms with Crippen molar-refractivity contribution in [2.45, 2.75) is 26.5 Å². The van der Waals surface area contributed by atoms with E-state index in [0.717, 1.165) is 28.1 Å². The van der Waals surface area contributed by atoms with Crippen LogP contribution >= 0.6 is 0 Å². The first-order valence-corrected chi connectivity index (χ1v) is 9.18. The van der Waals surface area contributed by atoms with Gasteiger partial charge in [-0.25, -0.2) is 0 Å². The molecule has 1 saturated heterocycles. The van der Waals surface area contributed by atoms with Gasteiger partial charge < -0.3 is 10.0 Å². The molecule has 0 unspecified atom stereocenters. The molecule has 138 valence electrons. The van der Waals surface area contributed by atoms with Crippen LogP contribution < -0.4 is 0 Å². The molecule has 5 nitrogen and oxygen atoms in total. The zero-order valence-corrected chi connectivity index (χ0v) is 15.6. The maximum atomic E-state index is 12.7. The number of hydrogen-bond donors (Lipinski definition) is 1. The Bertz CT molecular complexity index is 969. The van der Waals surface area contributed by atoms with Gasteiger partial charge in [0.2, 0.25) is 0 Å².